The lowest BCUT2D eigenvalue weighted by molar-refractivity contribution is 0.0894. The van der Waals surface area contributed by atoms with Crippen LogP contribution in [0.25, 0.3) is 10.9 Å². The Hall–Kier alpha value is -1.61. The van der Waals surface area contributed by atoms with Gasteiger partial charge in [0.25, 0.3) is 0 Å². The minimum absolute atomic E-state index is 0.228. The smallest absolute Gasteiger partial charge is 0.178 e. The van der Waals surface area contributed by atoms with Gasteiger partial charge in [0.1, 0.15) is 0 Å². The number of ketones is 1. The average Bonchev–Trinajstić information content (AvgIpc) is 2.82. The van der Waals surface area contributed by atoms with Gasteiger partial charge in [-0.2, -0.15) is 0 Å². The second-order valence-electron chi connectivity index (χ2n) is 5.65. The van der Waals surface area contributed by atoms with Crippen LogP contribution in [-0.2, 0) is 0 Å². The van der Waals surface area contributed by atoms with Gasteiger partial charge in [-0.05, 0) is 31.4 Å². The number of aromatic amines is 1. The van der Waals surface area contributed by atoms with Crippen molar-refractivity contribution in [2.24, 2.45) is 5.92 Å². The number of nitrogens with one attached hydrogen (secondary N) is 1. The number of hydrogen-bond acceptors (Lipinski definition) is 2. The number of likely N-dealkylation sites (tertiary alicyclic amines) is 1. The molecule has 0 aliphatic carbocycles. The minimum Gasteiger partial charge on any atom is -0.360 e. The van der Waals surface area contributed by atoms with Crippen LogP contribution in [0.2, 0.25) is 0 Å². The van der Waals surface area contributed by atoms with E-state index in [0.29, 0.717) is 12.5 Å². The van der Waals surface area contributed by atoms with Crippen molar-refractivity contribution in [3.63, 3.8) is 0 Å². The van der Waals surface area contributed by atoms with Crippen molar-refractivity contribution < 1.29 is 4.79 Å². The number of nitrogens with zero attached hydrogens (tertiary/aromatic N) is 1. The molecule has 1 atom stereocenters. The van der Waals surface area contributed by atoms with Crippen molar-refractivity contribution in [1.82, 2.24) is 9.88 Å². The summed E-state index contributed by atoms with van der Waals surface area (Å²) in [4.78, 5) is 17.9. The molecule has 0 spiro atoms. The van der Waals surface area contributed by atoms with E-state index in [1.54, 1.807) is 0 Å². The number of piperidine rings is 1. The minimum atomic E-state index is 0.228. The number of para-hydroxylation sites is 1. The summed E-state index contributed by atoms with van der Waals surface area (Å²) in [6.07, 6.45) is 4.35. The van der Waals surface area contributed by atoms with Crippen LogP contribution >= 0.6 is 0 Å². The molecule has 0 saturated carbocycles. The predicted molar refractivity (Wildman–Crippen MR) is 77.5 cm³/mol. The van der Waals surface area contributed by atoms with E-state index in [1.165, 1.54) is 12.8 Å². The zero-order chi connectivity index (χ0) is 13.2. The Bertz CT molecular complexity index is 587. The molecule has 19 heavy (non-hydrogen) atoms. The normalized spacial score (nSPS) is 20.8. The summed E-state index contributed by atoms with van der Waals surface area (Å²) < 4.78 is 0. The quantitative estimate of drug-likeness (QED) is 0.857. The van der Waals surface area contributed by atoms with Crippen molar-refractivity contribution in [3.8, 4) is 0 Å². The second kappa shape index (κ2) is 5.17. The highest BCUT2D eigenvalue weighted by molar-refractivity contribution is 6.08. The maximum atomic E-state index is 12.4. The van der Waals surface area contributed by atoms with E-state index in [0.717, 1.165) is 29.6 Å². The fourth-order valence-corrected chi connectivity index (χ4v) is 3.02. The molecule has 3 heteroatoms. The van der Waals surface area contributed by atoms with Crippen molar-refractivity contribution in [2.75, 3.05) is 19.6 Å². The lowest BCUT2D eigenvalue weighted by atomic mass is 9.99. The Labute approximate surface area is 113 Å². The highest BCUT2D eigenvalue weighted by Crippen LogP contribution is 2.20. The molecule has 0 amide bonds. The Morgan fingerprint density at radius 2 is 2.26 bits per heavy atom. The van der Waals surface area contributed by atoms with Crippen LogP contribution < -0.4 is 0 Å². The van der Waals surface area contributed by atoms with E-state index in [4.69, 9.17) is 0 Å². The predicted octanol–water partition coefficient (Wildman–Crippen LogP) is 3.08. The molecule has 100 valence electrons. The van der Waals surface area contributed by atoms with Crippen molar-refractivity contribution >= 4 is 16.7 Å². The summed E-state index contributed by atoms with van der Waals surface area (Å²) in [5, 5.41) is 1.04. The zero-order valence-electron chi connectivity index (χ0n) is 11.4. The first-order chi connectivity index (χ1) is 9.24. The lowest BCUT2D eigenvalue weighted by Crippen LogP contribution is -2.37. The summed E-state index contributed by atoms with van der Waals surface area (Å²) in [5.74, 6) is 0.941. The van der Waals surface area contributed by atoms with Gasteiger partial charge in [0, 0.05) is 29.2 Å². The van der Waals surface area contributed by atoms with E-state index < -0.39 is 0 Å². The first-order valence-electron chi connectivity index (χ1n) is 7.05. The molecule has 1 fully saturated rings. The summed E-state index contributed by atoms with van der Waals surface area (Å²) in [5.41, 5.74) is 1.87. The maximum absolute atomic E-state index is 12.4. The monoisotopic (exact) mass is 256 g/mol. The number of carbonyl (C=O) groups excluding carboxylic acids is 1. The molecule has 1 aliphatic heterocycles. The number of H-pyrrole nitrogens is 1. The first-order valence-corrected chi connectivity index (χ1v) is 7.05. The van der Waals surface area contributed by atoms with E-state index >= 15 is 0 Å². The molecule has 1 saturated heterocycles. The number of Topliss-reactive ketones (excluding diaryl/α,β-unsaturated/α-hetero) is 1. The lowest BCUT2D eigenvalue weighted by Gasteiger charge is -2.30. The third-order valence-electron chi connectivity index (χ3n) is 4.00. The third kappa shape index (κ3) is 2.56. The van der Waals surface area contributed by atoms with E-state index in [2.05, 4.69) is 16.8 Å². The molecule has 0 bridgehead atoms. The highest BCUT2D eigenvalue weighted by atomic mass is 16.1. The summed E-state index contributed by atoms with van der Waals surface area (Å²) in [6, 6.07) is 7.99. The van der Waals surface area contributed by atoms with Gasteiger partial charge in [-0.1, -0.05) is 25.1 Å². The standard InChI is InChI=1S/C16H20N2O/c1-12-5-4-8-18(10-12)11-16(19)14-9-17-15-7-3-2-6-13(14)15/h2-3,6-7,9,12,17H,4-5,8,10-11H2,1H3/t12-/m1/s1. The number of hydrogen-bond donors (Lipinski definition) is 1. The molecule has 3 nitrogen and oxygen atoms in total. The zero-order valence-corrected chi connectivity index (χ0v) is 11.4. The van der Waals surface area contributed by atoms with Gasteiger partial charge in [-0.3, -0.25) is 9.69 Å². The van der Waals surface area contributed by atoms with Crippen LogP contribution in [0.5, 0.6) is 0 Å². The molecule has 1 aromatic carbocycles. The second-order valence-corrected chi connectivity index (χ2v) is 5.65. The average molecular weight is 256 g/mol. The van der Waals surface area contributed by atoms with Gasteiger partial charge >= 0.3 is 0 Å². The third-order valence-corrected chi connectivity index (χ3v) is 4.00. The number of aromatic nitrogens is 1. The van der Waals surface area contributed by atoms with Crippen molar-refractivity contribution in [3.05, 3.63) is 36.0 Å². The largest absolute Gasteiger partial charge is 0.360 e. The number of carbonyl (C=O) groups is 1. The molecule has 3 rings (SSSR count). The van der Waals surface area contributed by atoms with Crippen LogP contribution in [0.3, 0.4) is 0 Å². The van der Waals surface area contributed by atoms with E-state index in [1.807, 2.05) is 30.5 Å². The fourth-order valence-electron chi connectivity index (χ4n) is 3.02. The van der Waals surface area contributed by atoms with Gasteiger partial charge < -0.3 is 4.98 Å². The van der Waals surface area contributed by atoms with Gasteiger partial charge in [0.2, 0.25) is 0 Å². The molecule has 1 aromatic heterocycles. The number of fused-ring (bicyclic) bond motifs is 1. The molecule has 0 radical (unpaired) electrons. The Balaban J connectivity index is 1.76. The first kappa shape index (κ1) is 12.4. The molecule has 1 N–H and O–H groups in total. The SMILES string of the molecule is C[C@@H]1CCCN(CC(=O)c2c[nH]c3ccccc23)C1. The topological polar surface area (TPSA) is 36.1 Å². The fraction of sp³-hybridized carbons (Fsp3) is 0.438. The van der Waals surface area contributed by atoms with Gasteiger partial charge in [0.15, 0.2) is 5.78 Å². The van der Waals surface area contributed by atoms with E-state index in [9.17, 15) is 4.79 Å². The van der Waals surface area contributed by atoms with Crippen molar-refractivity contribution in [2.45, 2.75) is 19.8 Å². The van der Waals surface area contributed by atoms with Crippen LogP contribution in [0.4, 0.5) is 0 Å². The highest BCUT2D eigenvalue weighted by Gasteiger charge is 2.20. The van der Waals surface area contributed by atoms with Crippen LogP contribution in [-0.4, -0.2) is 35.3 Å². The van der Waals surface area contributed by atoms with Crippen LogP contribution in [0.15, 0.2) is 30.5 Å². The summed E-state index contributed by atoms with van der Waals surface area (Å²) in [7, 11) is 0. The molecule has 1 aliphatic rings. The maximum Gasteiger partial charge on any atom is 0.178 e. The summed E-state index contributed by atoms with van der Waals surface area (Å²) in [6.45, 7) is 4.92. The van der Waals surface area contributed by atoms with Gasteiger partial charge in [-0.15, -0.1) is 0 Å². The van der Waals surface area contributed by atoms with Gasteiger partial charge in [-0.25, -0.2) is 0 Å². The Morgan fingerprint density at radius 3 is 3.11 bits per heavy atom. The van der Waals surface area contributed by atoms with E-state index in [-0.39, 0.29) is 5.78 Å². The molecular weight excluding hydrogens is 236 g/mol. The Kier molecular flexibility index (Phi) is 3.38. The molecule has 2 heterocycles. The molecule has 0 unspecified atom stereocenters. The molecule has 2 aromatic rings. The summed E-state index contributed by atoms with van der Waals surface area (Å²) >= 11 is 0. The van der Waals surface area contributed by atoms with Crippen LogP contribution in [0, 0.1) is 5.92 Å². The number of benzene rings is 1. The van der Waals surface area contributed by atoms with Crippen molar-refractivity contribution in [1.29, 1.82) is 0 Å². The van der Waals surface area contributed by atoms with Crippen LogP contribution in [0.1, 0.15) is 30.1 Å². The molecular formula is C16H20N2O. The van der Waals surface area contributed by atoms with Gasteiger partial charge in [0.05, 0.1) is 6.54 Å². The number of rotatable bonds is 3. The Morgan fingerprint density at radius 1 is 1.42 bits per heavy atom.